The second-order valence-electron chi connectivity index (χ2n) is 10.4. The SMILES string of the molecule is CS(=O)(=O)CCCCC1(C(=O)NC(Cc2ccc(NC(=O)c3ccccc3C(F)(F)F)cc2)C(=O)OO)CCCC1. The number of halogens is 3. The molecule has 1 fully saturated rings. The molecule has 224 valence electrons. The van der Waals surface area contributed by atoms with Gasteiger partial charge in [0.25, 0.3) is 5.91 Å². The smallest absolute Gasteiger partial charge is 0.342 e. The maximum absolute atomic E-state index is 13.3. The van der Waals surface area contributed by atoms with Crippen molar-refractivity contribution in [1.29, 1.82) is 0 Å². The maximum atomic E-state index is 13.3. The van der Waals surface area contributed by atoms with E-state index >= 15 is 0 Å². The predicted molar refractivity (Wildman–Crippen MR) is 145 cm³/mol. The van der Waals surface area contributed by atoms with Crippen molar-refractivity contribution in [2.45, 2.75) is 63.6 Å². The van der Waals surface area contributed by atoms with Crippen LogP contribution < -0.4 is 10.6 Å². The van der Waals surface area contributed by atoms with Crippen molar-refractivity contribution in [3.05, 3.63) is 65.2 Å². The third-order valence-corrected chi connectivity index (χ3v) is 8.30. The molecule has 3 N–H and O–H groups in total. The predicted octanol–water partition coefficient (Wildman–Crippen LogP) is 4.78. The molecule has 41 heavy (non-hydrogen) atoms. The fraction of sp³-hybridized carbons (Fsp3) is 0.464. The van der Waals surface area contributed by atoms with E-state index < -0.39 is 50.5 Å². The molecule has 2 aromatic rings. The number of carbonyl (C=O) groups is 3. The normalized spacial score (nSPS) is 15.6. The Kier molecular flexibility index (Phi) is 10.5. The number of alkyl halides is 3. The number of unbranched alkanes of at least 4 members (excludes halogenated alkanes) is 1. The highest BCUT2D eigenvalue weighted by Crippen LogP contribution is 2.43. The van der Waals surface area contributed by atoms with Crippen molar-refractivity contribution in [2.75, 3.05) is 17.3 Å². The molecule has 1 unspecified atom stereocenters. The number of rotatable bonds is 12. The second-order valence-corrected chi connectivity index (χ2v) is 12.7. The summed E-state index contributed by atoms with van der Waals surface area (Å²) in [6.07, 6.45) is 0.590. The molecule has 0 heterocycles. The summed E-state index contributed by atoms with van der Waals surface area (Å²) in [5, 5.41) is 14.1. The number of sulfone groups is 1. The molecule has 0 aromatic heterocycles. The minimum absolute atomic E-state index is 0.0233. The number of nitrogens with one attached hydrogen (secondary N) is 2. The van der Waals surface area contributed by atoms with Gasteiger partial charge in [-0.15, -0.1) is 0 Å². The van der Waals surface area contributed by atoms with Crippen molar-refractivity contribution in [3.63, 3.8) is 0 Å². The van der Waals surface area contributed by atoms with Crippen LogP contribution in [0.25, 0.3) is 0 Å². The number of hydrogen-bond acceptors (Lipinski definition) is 7. The van der Waals surface area contributed by atoms with Gasteiger partial charge in [-0.1, -0.05) is 43.5 Å². The van der Waals surface area contributed by atoms with Crippen molar-refractivity contribution >= 4 is 33.3 Å². The van der Waals surface area contributed by atoms with Gasteiger partial charge in [-0.2, -0.15) is 18.4 Å². The summed E-state index contributed by atoms with van der Waals surface area (Å²) in [5.41, 5.74) is -1.63. The van der Waals surface area contributed by atoms with Crippen LogP contribution in [0.3, 0.4) is 0 Å². The lowest BCUT2D eigenvalue weighted by Crippen LogP contribution is -2.49. The maximum Gasteiger partial charge on any atom is 0.417 e. The molecular weight excluding hydrogens is 565 g/mol. The first-order valence-electron chi connectivity index (χ1n) is 13.1. The van der Waals surface area contributed by atoms with Crippen molar-refractivity contribution in [2.24, 2.45) is 5.41 Å². The van der Waals surface area contributed by atoms with Gasteiger partial charge in [0.15, 0.2) is 0 Å². The van der Waals surface area contributed by atoms with Gasteiger partial charge >= 0.3 is 12.1 Å². The topological polar surface area (TPSA) is 139 Å². The van der Waals surface area contributed by atoms with Crippen LogP contribution in [0.5, 0.6) is 0 Å². The van der Waals surface area contributed by atoms with Crippen molar-refractivity contribution in [1.82, 2.24) is 5.32 Å². The Balaban J connectivity index is 1.67. The van der Waals surface area contributed by atoms with E-state index in [1.807, 2.05) is 0 Å². The van der Waals surface area contributed by atoms with Gasteiger partial charge in [0.2, 0.25) is 5.91 Å². The lowest BCUT2D eigenvalue weighted by molar-refractivity contribution is -0.236. The van der Waals surface area contributed by atoms with Crippen molar-refractivity contribution in [3.8, 4) is 0 Å². The molecule has 0 bridgehead atoms. The van der Waals surface area contributed by atoms with Gasteiger partial charge in [-0.3, -0.25) is 14.5 Å². The van der Waals surface area contributed by atoms with Gasteiger partial charge in [0.05, 0.1) is 11.1 Å². The van der Waals surface area contributed by atoms with E-state index in [9.17, 15) is 36.0 Å². The average molecular weight is 599 g/mol. The molecule has 1 atom stereocenters. The zero-order valence-electron chi connectivity index (χ0n) is 22.5. The summed E-state index contributed by atoms with van der Waals surface area (Å²) in [4.78, 5) is 42.1. The van der Waals surface area contributed by atoms with Crippen LogP contribution in [0.15, 0.2) is 48.5 Å². The number of amides is 2. The first kappa shape index (κ1) is 32.1. The summed E-state index contributed by atoms with van der Waals surface area (Å²) in [6.45, 7) is 0. The Labute approximate surface area is 236 Å². The number of carbonyl (C=O) groups excluding carboxylic acids is 3. The molecule has 3 rings (SSSR count). The largest absolute Gasteiger partial charge is 0.417 e. The van der Waals surface area contributed by atoms with E-state index in [1.54, 1.807) is 0 Å². The number of hydrogen-bond donors (Lipinski definition) is 3. The van der Waals surface area contributed by atoms with Gasteiger partial charge in [0, 0.05) is 29.5 Å². The van der Waals surface area contributed by atoms with Gasteiger partial charge in [0.1, 0.15) is 15.9 Å². The molecule has 0 saturated heterocycles. The lowest BCUT2D eigenvalue weighted by Gasteiger charge is -2.29. The third kappa shape index (κ3) is 9.02. The Morgan fingerprint density at radius 2 is 1.66 bits per heavy atom. The van der Waals surface area contributed by atoms with Gasteiger partial charge in [-0.05, 0) is 55.5 Å². The summed E-state index contributed by atoms with van der Waals surface area (Å²) in [5.74, 6) is -2.38. The van der Waals surface area contributed by atoms with Crippen LogP contribution in [-0.2, 0) is 36.9 Å². The fourth-order valence-corrected chi connectivity index (χ4v) is 5.85. The Hall–Kier alpha value is -3.45. The molecule has 0 aliphatic heterocycles. The van der Waals surface area contributed by atoms with Gasteiger partial charge in [-0.25, -0.2) is 13.2 Å². The van der Waals surface area contributed by atoms with Crippen LogP contribution in [0.4, 0.5) is 18.9 Å². The zero-order chi connectivity index (χ0) is 30.3. The molecule has 9 nitrogen and oxygen atoms in total. The monoisotopic (exact) mass is 598 g/mol. The summed E-state index contributed by atoms with van der Waals surface area (Å²) in [6, 6.07) is 9.08. The van der Waals surface area contributed by atoms with E-state index in [0.717, 1.165) is 31.2 Å². The van der Waals surface area contributed by atoms with Crippen LogP contribution in [0.1, 0.15) is 66.4 Å². The number of anilines is 1. The summed E-state index contributed by atoms with van der Waals surface area (Å²) < 4.78 is 62.7. The second kappa shape index (κ2) is 13.5. The molecule has 2 aromatic carbocycles. The van der Waals surface area contributed by atoms with Crippen molar-refractivity contribution < 1.29 is 46.1 Å². The van der Waals surface area contributed by atoms with E-state index in [-0.39, 0.29) is 23.8 Å². The Morgan fingerprint density at radius 1 is 1.02 bits per heavy atom. The van der Waals surface area contributed by atoms with Crippen LogP contribution >= 0.6 is 0 Å². The summed E-state index contributed by atoms with van der Waals surface area (Å²) in [7, 11) is -3.12. The quantitative estimate of drug-likeness (QED) is 0.182. The third-order valence-electron chi connectivity index (χ3n) is 7.27. The highest BCUT2D eigenvalue weighted by atomic mass is 32.2. The Morgan fingerprint density at radius 3 is 2.24 bits per heavy atom. The molecule has 2 amide bonds. The first-order chi connectivity index (χ1) is 19.2. The average Bonchev–Trinajstić information content (AvgIpc) is 3.40. The van der Waals surface area contributed by atoms with E-state index in [4.69, 9.17) is 5.26 Å². The Bertz CT molecular complexity index is 1340. The van der Waals surface area contributed by atoms with E-state index in [1.165, 1.54) is 36.4 Å². The number of benzene rings is 2. The first-order valence-corrected chi connectivity index (χ1v) is 15.2. The minimum Gasteiger partial charge on any atom is -0.342 e. The molecular formula is C28H33F3N2O7S. The molecule has 1 aliphatic carbocycles. The molecule has 0 radical (unpaired) electrons. The van der Waals surface area contributed by atoms with Crippen LogP contribution in [-0.4, -0.2) is 49.5 Å². The highest BCUT2D eigenvalue weighted by Gasteiger charge is 2.42. The minimum atomic E-state index is -4.70. The standard InChI is InChI=1S/C28H33F3N2O7S/c1-41(38,39)17-7-6-16-27(14-4-5-15-27)26(36)33-23(25(35)40-37)18-19-10-12-20(13-11-19)32-24(34)21-8-2-3-9-22(21)28(29,30)31/h2-3,8-13,23,37H,4-7,14-18H2,1H3,(H,32,34)(H,33,36). The lowest BCUT2D eigenvalue weighted by atomic mass is 9.80. The van der Waals surface area contributed by atoms with Gasteiger partial charge < -0.3 is 10.6 Å². The van der Waals surface area contributed by atoms with E-state index in [0.29, 0.717) is 37.7 Å². The molecule has 1 saturated carbocycles. The van der Waals surface area contributed by atoms with Crippen LogP contribution in [0.2, 0.25) is 0 Å². The highest BCUT2D eigenvalue weighted by molar-refractivity contribution is 7.90. The fourth-order valence-electron chi connectivity index (χ4n) is 5.12. The van der Waals surface area contributed by atoms with Crippen LogP contribution in [0, 0.1) is 5.41 Å². The van der Waals surface area contributed by atoms with E-state index in [2.05, 4.69) is 15.5 Å². The molecule has 0 spiro atoms. The summed E-state index contributed by atoms with van der Waals surface area (Å²) >= 11 is 0. The molecule has 13 heteroatoms. The zero-order valence-corrected chi connectivity index (χ0v) is 23.3. The molecule has 1 aliphatic rings.